The van der Waals surface area contributed by atoms with Crippen LogP contribution in [0.3, 0.4) is 0 Å². The molecule has 0 unspecified atom stereocenters. The third kappa shape index (κ3) is 3.37. The molecular formula is C14H19N5O2. The number of nitrogen functional groups attached to an aromatic ring is 1. The van der Waals surface area contributed by atoms with Crippen LogP contribution in [0.4, 0.5) is 5.82 Å². The number of hydrogen-bond acceptors (Lipinski definition) is 7. The van der Waals surface area contributed by atoms with Crippen LogP contribution in [0.15, 0.2) is 12.3 Å². The lowest BCUT2D eigenvalue weighted by Gasteiger charge is -2.26. The zero-order valence-corrected chi connectivity index (χ0v) is 12.1. The molecule has 7 heteroatoms. The maximum absolute atomic E-state index is 5.90. The number of aryl methyl sites for hydroxylation is 1. The monoisotopic (exact) mass is 289 g/mol. The largest absolute Gasteiger partial charge is 0.491 e. The Balaban J connectivity index is 1.64. The van der Waals surface area contributed by atoms with E-state index in [4.69, 9.17) is 15.2 Å². The Morgan fingerprint density at radius 2 is 2.14 bits per heavy atom. The van der Waals surface area contributed by atoms with Gasteiger partial charge in [-0.1, -0.05) is 0 Å². The van der Waals surface area contributed by atoms with Crippen LogP contribution in [0.2, 0.25) is 0 Å². The maximum Gasteiger partial charge on any atom is 0.165 e. The van der Waals surface area contributed by atoms with Crippen LogP contribution in [0, 0.1) is 6.92 Å². The van der Waals surface area contributed by atoms with Gasteiger partial charge < -0.3 is 15.2 Å². The van der Waals surface area contributed by atoms with Crippen molar-refractivity contribution < 1.29 is 9.47 Å². The predicted molar refractivity (Wildman–Crippen MR) is 79.2 cm³/mol. The summed E-state index contributed by atoms with van der Waals surface area (Å²) in [5.74, 6) is 1.74. The Hall–Kier alpha value is -1.99. The summed E-state index contributed by atoms with van der Waals surface area (Å²) in [6, 6.07) is 1.84. The SMILES string of the molecule is Cc1nc(N)c2cc(OCCN3CCOCC3)cnc2n1. The van der Waals surface area contributed by atoms with Gasteiger partial charge in [-0.15, -0.1) is 0 Å². The number of nitrogens with zero attached hydrogens (tertiary/aromatic N) is 4. The van der Waals surface area contributed by atoms with E-state index < -0.39 is 0 Å². The zero-order valence-electron chi connectivity index (χ0n) is 12.1. The van der Waals surface area contributed by atoms with Crippen LogP contribution in [0.1, 0.15) is 5.82 Å². The summed E-state index contributed by atoms with van der Waals surface area (Å²) in [7, 11) is 0. The molecule has 0 radical (unpaired) electrons. The van der Waals surface area contributed by atoms with E-state index in [1.165, 1.54) is 0 Å². The van der Waals surface area contributed by atoms with E-state index in [0.29, 0.717) is 29.6 Å². The number of ether oxygens (including phenoxy) is 2. The third-order valence-electron chi connectivity index (χ3n) is 3.45. The van der Waals surface area contributed by atoms with Gasteiger partial charge in [0.25, 0.3) is 0 Å². The topological polar surface area (TPSA) is 86.4 Å². The molecule has 0 aliphatic carbocycles. The molecule has 1 aliphatic heterocycles. The summed E-state index contributed by atoms with van der Waals surface area (Å²) in [4.78, 5) is 15.0. The number of fused-ring (bicyclic) bond motifs is 1. The van der Waals surface area contributed by atoms with Crippen molar-refractivity contribution in [2.75, 3.05) is 45.2 Å². The predicted octanol–water partition coefficient (Wildman–Crippen LogP) is 0.626. The number of rotatable bonds is 4. The van der Waals surface area contributed by atoms with Crippen molar-refractivity contribution in [1.29, 1.82) is 0 Å². The first kappa shape index (κ1) is 14.0. The second-order valence-electron chi connectivity index (χ2n) is 5.00. The van der Waals surface area contributed by atoms with E-state index in [-0.39, 0.29) is 0 Å². The fourth-order valence-electron chi connectivity index (χ4n) is 2.33. The van der Waals surface area contributed by atoms with E-state index >= 15 is 0 Å². The van der Waals surface area contributed by atoms with Gasteiger partial charge in [-0.05, 0) is 13.0 Å². The molecule has 7 nitrogen and oxygen atoms in total. The standard InChI is InChI=1S/C14H19N5O2/c1-10-17-13(15)12-8-11(9-16-14(12)18-10)21-7-4-19-2-5-20-6-3-19/h8-9H,2-7H2,1H3,(H2,15,16,17,18). The second-order valence-corrected chi connectivity index (χ2v) is 5.00. The molecular weight excluding hydrogens is 270 g/mol. The molecule has 21 heavy (non-hydrogen) atoms. The lowest BCUT2D eigenvalue weighted by atomic mass is 10.3. The second kappa shape index (κ2) is 6.19. The quantitative estimate of drug-likeness (QED) is 0.883. The molecule has 0 aromatic carbocycles. The van der Waals surface area contributed by atoms with Crippen LogP contribution in [-0.4, -0.2) is 59.3 Å². The molecule has 3 heterocycles. The Kier molecular flexibility index (Phi) is 4.12. The normalized spacial score (nSPS) is 16.2. The Bertz CT molecular complexity index is 628. The Morgan fingerprint density at radius 1 is 1.33 bits per heavy atom. The van der Waals surface area contributed by atoms with Crippen LogP contribution >= 0.6 is 0 Å². The average molecular weight is 289 g/mol. The minimum atomic E-state index is 0.434. The maximum atomic E-state index is 5.90. The summed E-state index contributed by atoms with van der Waals surface area (Å²) < 4.78 is 11.1. The molecule has 1 saturated heterocycles. The molecule has 0 spiro atoms. The summed E-state index contributed by atoms with van der Waals surface area (Å²) in [5.41, 5.74) is 6.50. The van der Waals surface area contributed by atoms with Crippen molar-refractivity contribution in [2.24, 2.45) is 0 Å². The highest BCUT2D eigenvalue weighted by Gasteiger charge is 2.10. The molecule has 0 atom stereocenters. The van der Waals surface area contributed by atoms with E-state index in [1.54, 1.807) is 13.1 Å². The van der Waals surface area contributed by atoms with Gasteiger partial charge >= 0.3 is 0 Å². The first-order valence-electron chi connectivity index (χ1n) is 7.05. The van der Waals surface area contributed by atoms with Gasteiger partial charge in [-0.3, -0.25) is 4.90 Å². The first-order valence-corrected chi connectivity index (χ1v) is 7.05. The van der Waals surface area contributed by atoms with E-state index in [1.807, 2.05) is 6.07 Å². The highest BCUT2D eigenvalue weighted by atomic mass is 16.5. The number of anilines is 1. The first-order chi connectivity index (χ1) is 10.2. The van der Waals surface area contributed by atoms with Gasteiger partial charge in [-0.2, -0.15) is 0 Å². The van der Waals surface area contributed by atoms with Gasteiger partial charge in [0.05, 0.1) is 24.8 Å². The van der Waals surface area contributed by atoms with Gasteiger partial charge in [0.2, 0.25) is 0 Å². The lowest BCUT2D eigenvalue weighted by Crippen LogP contribution is -2.38. The van der Waals surface area contributed by atoms with Crippen molar-refractivity contribution in [3.63, 3.8) is 0 Å². The summed E-state index contributed by atoms with van der Waals surface area (Å²) >= 11 is 0. The molecule has 112 valence electrons. The van der Waals surface area contributed by atoms with E-state index in [0.717, 1.165) is 38.2 Å². The minimum absolute atomic E-state index is 0.434. The van der Waals surface area contributed by atoms with Crippen molar-refractivity contribution in [3.8, 4) is 5.75 Å². The molecule has 2 aromatic heterocycles. The number of aromatic nitrogens is 3. The van der Waals surface area contributed by atoms with Gasteiger partial charge in [0.1, 0.15) is 24.0 Å². The Labute approximate surface area is 123 Å². The number of hydrogen-bond donors (Lipinski definition) is 1. The van der Waals surface area contributed by atoms with Gasteiger partial charge in [0, 0.05) is 19.6 Å². The molecule has 2 aromatic rings. The summed E-state index contributed by atoms with van der Waals surface area (Å²) in [6.07, 6.45) is 1.67. The van der Waals surface area contributed by atoms with Crippen molar-refractivity contribution in [1.82, 2.24) is 19.9 Å². The molecule has 0 saturated carbocycles. The number of morpholine rings is 1. The van der Waals surface area contributed by atoms with Crippen molar-refractivity contribution in [3.05, 3.63) is 18.1 Å². The van der Waals surface area contributed by atoms with Crippen LogP contribution in [-0.2, 0) is 4.74 Å². The third-order valence-corrected chi connectivity index (χ3v) is 3.45. The van der Waals surface area contributed by atoms with Crippen LogP contribution in [0.25, 0.3) is 11.0 Å². The Morgan fingerprint density at radius 3 is 2.95 bits per heavy atom. The highest BCUT2D eigenvalue weighted by molar-refractivity contribution is 5.86. The van der Waals surface area contributed by atoms with E-state index in [9.17, 15) is 0 Å². The summed E-state index contributed by atoms with van der Waals surface area (Å²) in [5, 5.41) is 0.726. The lowest BCUT2D eigenvalue weighted by molar-refractivity contribution is 0.0322. The molecule has 0 bridgehead atoms. The zero-order chi connectivity index (χ0) is 14.7. The molecule has 0 amide bonds. The fourth-order valence-corrected chi connectivity index (χ4v) is 2.33. The minimum Gasteiger partial charge on any atom is -0.491 e. The molecule has 3 rings (SSSR count). The van der Waals surface area contributed by atoms with Gasteiger partial charge in [-0.25, -0.2) is 15.0 Å². The molecule has 2 N–H and O–H groups in total. The average Bonchev–Trinajstić information content (AvgIpc) is 2.49. The molecule has 1 fully saturated rings. The van der Waals surface area contributed by atoms with Crippen molar-refractivity contribution in [2.45, 2.75) is 6.92 Å². The number of pyridine rings is 1. The fraction of sp³-hybridized carbons (Fsp3) is 0.500. The number of nitrogens with two attached hydrogens (primary N) is 1. The van der Waals surface area contributed by atoms with Crippen LogP contribution < -0.4 is 10.5 Å². The summed E-state index contributed by atoms with van der Waals surface area (Å²) in [6.45, 7) is 6.79. The smallest absolute Gasteiger partial charge is 0.165 e. The van der Waals surface area contributed by atoms with Gasteiger partial charge in [0.15, 0.2) is 5.65 Å². The van der Waals surface area contributed by atoms with Crippen molar-refractivity contribution >= 4 is 16.9 Å². The van der Waals surface area contributed by atoms with E-state index in [2.05, 4.69) is 19.9 Å². The molecule has 1 aliphatic rings. The van der Waals surface area contributed by atoms with Crippen LogP contribution in [0.5, 0.6) is 5.75 Å². The highest BCUT2D eigenvalue weighted by Crippen LogP contribution is 2.21.